The third-order valence-corrected chi connectivity index (χ3v) is 9.94. The number of hydrogen-bond donors (Lipinski definition) is 0. The third-order valence-electron chi connectivity index (χ3n) is 9.94. The molecule has 0 spiro atoms. The Morgan fingerprint density at radius 3 is 1.13 bits per heavy atom. The maximum absolute atomic E-state index is 5.83. The van der Waals surface area contributed by atoms with Crippen molar-refractivity contribution in [3.8, 4) is 44.9 Å². The van der Waals surface area contributed by atoms with Gasteiger partial charge in [-0.15, -0.1) is 82.8 Å². The molecule has 2 aromatic heterocycles. The van der Waals surface area contributed by atoms with Crippen molar-refractivity contribution in [2.75, 3.05) is 0 Å². The molecule has 0 aliphatic carbocycles. The normalized spacial score (nSPS) is 10.1. The molecule has 8 aromatic rings. The van der Waals surface area contributed by atoms with Crippen LogP contribution in [0.25, 0.3) is 66.4 Å². The van der Waals surface area contributed by atoms with Crippen LogP contribution in [0.4, 0.5) is 0 Å². The molecule has 0 saturated carbocycles. The summed E-state index contributed by atoms with van der Waals surface area (Å²) in [4.78, 5) is 0. The second-order valence-electron chi connectivity index (χ2n) is 13.3. The van der Waals surface area contributed by atoms with E-state index in [9.17, 15) is 0 Å². The average Bonchev–Trinajstić information content (AvgIpc) is 3.92. The number of furan rings is 2. The van der Waals surface area contributed by atoms with E-state index in [-0.39, 0.29) is 39.7 Å². The monoisotopic (exact) mass is 846 g/mol. The fraction of sp³-hybridized carbons (Fsp3) is 0.167. The number of halogens is 2. The number of rotatable bonds is 4. The van der Waals surface area contributed by atoms with Crippen LogP contribution in [0.3, 0.4) is 0 Å². The van der Waals surface area contributed by atoms with Gasteiger partial charge in [0, 0.05) is 0 Å². The molecule has 0 N–H and O–H groups in total. The van der Waals surface area contributed by atoms with Crippen LogP contribution in [0.2, 0.25) is 0 Å². The standard InChI is InChI=1S/2C23H21O.2CH3.2ClH.Si.Zr/c2*1-14-7-5-6-8-20(14)23-17(4)15(2)11-18-12-19(13-21(18)23)22-10-9-16(3)24-22;;;;;;/h2*5-13H,1-4H3;2*1H3;2*1H;;/q4*-1;;;;. The van der Waals surface area contributed by atoms with Crippen molar-refractivity contribution in [2.45, 2.75) is 55.4 Å². The van der Waals surface area contributed by atoms with Crippen LogP contribution in [0.1, 0.15) is 44.9 Å². The first-order chi connectivity index (χ1) is 24.1. The van der Waals surface area contributed by atoms with Gasteiger partial charge in [-0.3, -0.25) is 0 Å². The van der Waals surface area contributed by atoms with Gasteiger partial charge in [0.2, 0.25) is 0 Å². The van der Waals surface area contributed by atoms with Gasteiger partial charge in [0.25, 0.3) is 0 Å². The molecule has 2 radical (unpaired) electrons. The van der Waals surface area contributed by atoms with Crippen molar-refractivity contribution >= 4 is 53.2 Å². The summed E-state index contributed by atoms with van der Waals surface area (Å²) in [5.74, 6) is 3.77. The fourth-order valence-corrected chi connectivity index (χ4v) is 7.07. The van der Waals surface area contributed by atoms with Crippen LogP contribution >= 0.6 is 24.8 Å². The quantitative estimate of drug-likeness (QED) is 0.130. The van der Waals surface area contributed by atoms with E-state index < -0.39 is 0 Å². The second kappa shape index (κ2) is 19.8. The van der Waals surface area contributed by atoms with Gasteiger partial charge < -0.3 is 23.7 Å². The molecule has 0 fully saturated rings. The van der Waals surface area contributed by atoms with E-state index in [4.69, 9.17) is 8.83 Å². The molecule has 280 valence electrons. The van der Waals surface area contributed by atoms with E-state index in [2.05, 4.69) is 145 Å². The topological polar surface area (TPSA) is 26.3 Å². The minimum absolute atomic E-state index is 0. The van der Waals surface area contributed by atoms with Crippen molar-refractivity contribution in [1.82, 2.24) is 0 Å². The van der Waals surface area contributed by atoms with Gasteiger partial charge in [0.1, 0.15) is 0 Å². The maximum atomic E-state index is 5.83. The predicted octanol–water partition coefficient (Wildman–Crippen LogP) is 14.8. The summed E-state index contributed by atoms with van der Waals surface area (Å²) < 4.78 is 11.7. The Labute approximate surface area is 352 Å². The summed E-state index contributed by atoms with van der Waals surface area (Å²) in [6, 6.07) is 39.0. The summed E-state index contributed by atoms with van der Waals surface area (Å²) in [6.07, 6.45) is 0. The van der Waals surface area contributed by atoms with Crippen LogP contribution in [-0.4, -0.2) is 6.88 Å². The SMILES string of the molecule is Cc1ccc(-c2cc3c(-c4ccccc4C)c(C)c(C)cc3[cH-]2)o1.Cc1ccc(-c2cc3c(-c4ccccc4C)c(C)c(C)cc3[cH-]2)o1.Cl.Cl.[CH3-].[CH3-].[Si]=[Zr]. The molecule has 0 saturated heterocycles. The Morgan fingerprint density at radius 1 is 0.463 bits per heavy atom. The number of hydrogen-bond acceptors (Lipinski definition) is 2. The molecular weight excluding hydrogens is 799 g/mol. The summed E-state index contributed by atoms with van der Waals surface area (Å²) in [6.45, 7) is 20.2. The Kier molecular flexibility index (Phi) is 17.0. The zero-order valence-electron chi connectivity index (χ0n) is 33.0. The average molecular weight is 849 g/mol. The van der Waals surface area contributed by atoms with Gasteiger partial charge in [-0.2, -0.15) is 0 Å². The third kappa shape index (κ3) is 9.23. The van der Waals surface area contributed by atoms with Crippen LogP contribution in [-0.2, 0) is 23.3 Å². The molecule has 0 atom stereocenters. The molecule has 6 aromatic carbocycles. The molecule has 0 amide bonds. The molecule has 2 heterocycles. The summed E-state index contributed by atoms with van der Waals surface area (Å²) in [5.41, 5.74) is 15.6. The van der Waals surface area contributed by atoms with Gasteiger partial charge in [0.15, 0.2) is 0 Å². The van der Waals surface area contributed by atoms with Gasteiger partial charge in [-0.25, -0.2) is 0 Å². The minimum atomic E-state index is 0. The first kappa shape index (κ1) is 46.5. The molecule has 54 heavy (non-hydrogen) atoms. The number of aryl methyl sites for hydroxylation is 6. The Balaban J connectivity index is 0.000000334. The Morgan fingerprint density at radius 2 is 0.815 bits per heavy atom. The molecular formula is C48H50Cl2O2SiZr-4. The van der Waals surface area contributed by atoms with Crippen molar-refractivity contribution < 1.29 is 32.2 Å². The zero-order valence-corrected chi connectivity index (χ0v) is 38.1. The van der Waals surface area contributed by atoms with Gasteiger partial charge in [-0.1, -0.05) is 81.9 Å². The Hall–Kier alpha value is -3.66. The number of fused-ring (bicyclic) bond motifs is 2. The number of benzene rings is 4. The van der Waals surface area contributed by atoms with Crippen LogP contribution in [0, 0.1) is 70.2 Å². The van der Waals surface area contributed by atoms with Crippen LogP contribution < -0.4 is 0 Å². The fourth-order valence-electron chi connectivity index (χ4n) is 7.07. The second-order valence-corrected chi connectivity index (χ2v) is 13.3. The van der Waals surface area contributed by atoms with Gasteiger partial charge in [-0.05, 0) is 113 Å². The van der Waals surface area contributed by atoms with Crippen LogP contribution in [0.5, 0.6) is 0 Å². The van der Waals surface area contributed by atoms with E-state index >= 15 is 0 Å². The summed E-state index contributed by atoms with van der Waals surface area (Å²) in [7, 11) is 0. The molecule has 0 aliphatic rings. The van der Waals surface area contributed by atoms with Crippen LogP contribution in [0.15, 0.2) is 118 Å². The van der Waals surface area contributed by atoms with Gasteiger partial charge in [0.05, 0.1) is 23.0 Å². The molecule has 0 unspecified atom stereocenters. The van der Waals surface area contributed by atoms with Crippen molar-refractivity contribution in [3.05, 3.63) is 169 Å². The summed E-state index contributed by atoms with van der Waals surface area (Å²) in [5, 5.41) is 5.16. The summed E-state index contributed by atoms with van der Waals surface area (Å²) >= 11 is 1.36. The Bertz CT molecular complexity index is 2300. The molecule has 0 aliphatic heterocycles. The van der Waals surface area contributed by atoms with E-state index in [1.165, 1.54) is 101 Å². The molecule has 0 bridgehead atoms. The van der Waals surface area contributed by atoms with E-state index in [0.29, 0.717) is 0 Å². The first-order valence-electron chi connectivity index (χ1n) is 17.0. The van der Waals surface area contributed by atoms with Gasteiger partial charge >= 0.3 is 30.2 Å². The molecule has 2 nitrogen and oxygen atoms in total. The van der Waals surface area contributed by atoms with Crippen molar-refractivity contribution in [2.24, 2.45) is 0 Å². The first-order valence-corrected chi connectivity index (χ1v) is 21.2. The molecule has 8 rings (SSSR count). The zero-order chi connectivity index (χ0) is 35.7. The van der Waals surface area contributed by atoms with Crippen molar-refractivity contribution in [3.63, 3.8) is 0 Å². The molecule has 6 heteroatoms. The van der Waals surface area contributed by atoms with Crippen molar-refractivity contribution in [1.29, 1.82) is 0 Å². The van der Waals surface area contributed by atoms with E-state index in [1.807, 2.05) is 26.0 Å². The van der Waals surface area contributed by atoms with E-state index in [0.717, 1.165) is 34.2 Å². The predicted molar refractivity (Wildman–Crippen MR) is 236 cm³/mol. The van der Waals surface area contributed by atoms with E-state index in [1.54, 1.807) is 0 Å².